The number of rotatable bonds is 3. The van der Waals surface area contributed by atoms with E-state index in [-0.39, 0.29) is 10.7 Å². The Hall–Kier alpha value is -0.600. The van der Waals surface area contributed by atoms with Crippen LogP contribution in [0.4, 0.5) is 0 Å². The predicted molar refractivity (Wildman–Crippen MR) is 49.3 cm³/mol. The van der Waals surface area contributed by atoms with Gasteiger partial charge >= 0.3 is 0 Å². The Balaban J connectivity index is 2.56. The first-order valence-electron chi connectivity index (χ1n) is 4.23. The van der Waals surface area contributed by atoms with Crippen molar-refractivity contribution in [3.8, 4) is 6.07 Å². The SMILES string of the molecule is CNS(=O)(=O)C1CC(C)(CC#N)C1. The molecule has 4 nitrogen and oxygen atoms in total. The van der Waals surface area contributed by atoms with Gasteiger partial charge in [-0.1, -0.05) is 6.92 Å². The second-order valence-electron chi connectivity index (χ2n) is 3.92. The molecule has 0 spiro atoms. The molecule has 0 aromatic heterocycles. The molecule has 13 heavy (non-hydrogen) atoms. The number of nitriles is 1. The van der Waals surface area contributed by atoms with Crippen molar-refractivity contribution in [3.05, 3.63) is 0 Å². The minimum Gasteiger partial charge on any atom is -0.218 e. The maximum atomic E-state index is 11.3. The van der Waals surface area contributed by atoms with Crippen molar-refractivity contribution in [1.82, 2.24) is 4.72 Å². The second-order valence-corrected chi connectivity index (χ2v) is 6.09. The lowest BCUT2D eigenvalue weighted by Crippen LogP contribution is -2.46. The van der Waals surface area contributed by atoms with Gasteiger partial charge in [-0.2, -0.15) is 5.26 Å². The summed E-state index contributed by atoms with van der Waals surface area (Å²) >= 11 is 0. The lowest BCUT2D eigenvalue weighted by molar-refractivity contribution is 0.171. The Labute approximate surface area is 79.0 Å². The topological polar surface area (TPSA) is 70.0 Å². The lowest BCUT2D eigenvalue weighted by atomic mass is 9.68. The molecule has 0 amide bonds. The van der Waals surface area contributed by atoms with Gasteiger partial charge in [0.1, 0.15) is 0 Å². The van der Waals surface area contributed by atoms with E-state index in [0.29, 0.717) is 19.3 Å². The standard InChI is InChI=1S/C8H14N2O2S/c1-8(3-4-9)5-7(6-8)13(11,12)10-2/h7,10H,3,5-6H2,1-2H3. The molecule has 1 aliphatic rings. The van der Waals surface area contributed by atoms with Crippen LogP contribution in [0.1, 0.15) is 26.2 Å². The number of nitrogens with zero attached hydrogens (tertiary/aromatic N) is 1. The minimum absolute atomic E-state index is 0.0800. The van der Waals surface area contributed by atoms with E-state index in [1.54, 1.807) is 0 Å². The summed E-state index contributed by atoms with van der Waals surface area (Å²) in [4.78, 5) is 0. The first-order chi connectivity index (χ1) is 5.93. The molecule has 74 valence electrons. The predicted octanol–water partition coefficient (Wildman–Crippen LogP) is 0.618. The molecule has 5 heteroatoms. The van der Waals surface area contributed by atoms with E-state index in [0.717, 1.165) is 0 Å². The normalized spacial score (nSPS) is 33.5. The molecule has 0 radical (unpaired) electrons. The lowest BCUT2D eigenvalue weighted by Gasteiger charge is -2.42. The van der Waals surface area contributed by atoms with Crippen LogP contribution >= 0.6 is 0 Å². The second kappa shape index (κ2) is 3.28. The smallest absolute Gasteiger partial charge is 0.214 e. The molecule has 0 aromatic carbocycles. The Morgan fingerprint density at radius 1 is 1.62 bits per heavy atom. The Kier molecular flexibility index (Phi) is 2.64. The summed E-state index contributed by atoms with van der Waals surface area (Å²) in [7, 11) is -1.68. The van der Waals surface area contributed by atoms with Crippen molar-refractivity contribution in [2.24, 2.45) is 5.41 Å². The van der Waals surface area contributed by atoms with Crippen LogP contribution in [-0.4, -0.2) is 20.7 Å². The fourth-order valence-corrected chi connectivity index (χ4v) is 3.34. The van der Waals surface area contributed by atoms with Gasteiger partial charge in [-0.05, 0) is 25.3 Å². The molecule has 0 unspecified atom stereocenters. The van der Waals surface area contributed by atoms with Crippen molar-refractivity contribution >= 4 is 10.0 Å². The maximum absolute atomic E-state index is 11.3. The first-order valence-corrected chi connectivity index (χ1v) is 5.77. The molecule has 1 aliphatic carbocycles. The zero-order chi connectivity index (χ0) is 10.1. The highest BCUT2D eigenvalue weighted by Crippen LogP contribution is 2.46. The Morgan fingerprint density at radius 2 is 2.15 bits per heavy atom. The number of hydrogen-bond donors (Lipinski definition) is 1. The van der Waals surface area contributed by atoms with Crippen molar-refractivity contribution < 1.29 is 8.42 Å². The van der Waals surface area contributed by atoms with E-state index in [2.05, 4.69) is 10.8 Å². The molecule has 1 saturated carbocycles. The molecule has 0 atom stereocenters. The molecular weight excluding hydrogens is 188 g/mol. The number of sulfonamides is 1. The first kappa shape index (κ1) is 10.5. The molecule has 1 fully saturated rings. The summed E-state index contributed by atoms with van der Waals surface area (Å²) in [6.45, 7) is 1.96. The molecule has 0 heterocycles. The molecule has 0 saturated heterocycles. The van der Waals surface area contributed by atoms with E-state index in [9.17, 15) is 8.42 Å². The van der Waals surface area contributed by atoms with Gasteiger partial charge in [0.2, 0.25) is 10.0 Å². The van der Waals surface area contributed by atoms with E-state index < -0.39 is 10.0 Å². The number of nitrogens with one attached hydrogen (secondary N) is 1. The molecule has 0 bridgehead atoms. The van der Waals surface area contributed by atoms with Gasteiger partial charge in [0.15, 0.2) is 0 Å². The number of hydrogen-bond acceptors (Lipinski definition) is 3. The highest BCUT2D eigenvalue weighted by atomic mass is 32.2. The van der Waals surface area contributed by atoms with Crippen LogP contribution in [0.3, 0.4) is 0 Å². The molecule has 0 aliphatic heterocycles. The van der Waals surface area contributed by atoms with Gasteiger partial charge in [-0.3, -0.25) is 0 Å². The maximum Gasteiger partial charge on any atom is 0.214 e. The van der Waals surface area contributed by atoms with Crippen molar-refractivity contribution in [3.63, 3.8) is 0 Å². The van der Waals surface area contributed by atoms with Gasteiger partial charge in [-0.15, -0.1) is 0 Å². The highest BCUT2D eigenvalue weighted by Gasteiger charge is 2.46. The van der Waals surface area contributed by atoms with Crippen LogP contribution in [0.5, 0.6) is 0 Å². The van der Waals surface area contributed by atoms with E-state index in [1.165, 1.54) is 7.05 Å². The summed E-state index contributed by atoms with van der Waals surface area (Å²) in [6, 6.07) is 2.08. The fourth-order valence-electron chi connectivity index (χ4n) is 1.76. The quantitative estimate of drug-likeness (QED) is 0.729. The summed E-state index contributed by atoms with van der Waals surface area (Å²) in [5.74, 6) is 0. The van der Waals surface area contributed by atoms with Gasteiger partial charge in [0.05, 0.1) is 11.3 Å². The van der Waals surface area contributed by atoms with Crippen molar-refractivity contribution in [2.45, 2.75) is 31.4 Å². The molecule has 1 N–H and O–H groups in total. The third-order valence-electron chi connectivity index (χ3n) is 2.67. The van der Waals surface area contributed by atoms with Crippen LogP contribution in [0, 0.1) is 16.7 Å². The highest BCUT2D eigenvalue weighted by molar-refractivity contribution is 7.90. The van der Waals surface area contributed by atoms with E-state index in [4.69, 9.17) is 5.26 Å². The fraction of sp³-hybridized carbons (Fsp3) is 0.875. The van der Waals surface area contributed by atoms with Gasteiger partial charge < -0.3 is 0 Å². The van der Waals surface area contributed by atoms with Crippen LogP contribution in [0.2, 0.25) is 0 Å². The van der Waals surface area contributed by atoms with Crippen molar-refractivity contribution in [2.75, 3.05) is 7.05 Å². The van der Waals surface area contributed by atoms with Crippen LogP contribution in [0.15, 0.2) is 0 Å². The van der Waals surface area contributed by atoms with Gasteiger partial charge in [0, 0.05) is 6.42 Å². The zero-order valence-electron chi connectivity index (χ0n) is 7.87. The summed E-state index contributed by atoms with van der Waals surface area (Å²) in [5, 5.41) is 8.20. The van der Waals surface area contributed by atoms with Crippen LogP contribution in [-0.2, 0) is 10.0 Å². The zero-order valence-corrected chi connectivity index (χ0v) is 8.69. The summed E-state index contributed by atoms with van der Waals surface area (Å²) < 4.78 is 24.9. The Bertz CT molecular complexity index is 323. The van der Waals surface area contributed by atoms with E-state index in [1.807, 2.05) is 6.92 Å². The van der Waals surface area contributed by atoms with Crippen LogP contribution < -0.4 is 4.72 Å². The Morgan fingerprint density at radius 3 is 2.54 bits per heavy atom. The monoisotopic (exact) mass is 202 g/mol. The van der Waals surface area contributed by atoms with E-state index >= 15 is 0 Å². The average molecular weight is 202 g/mol. The van der Waals surface area contributed by atoms with Crippen LogP contribution in [0.25, 0.3) is 0 Å². The average Bonchev–Trinajstić information content (AvgIpc) is 2.00. The molecule has 0 aromatic rings. The molecular formula is C8H14N2O2S. The third kappa shape index (κ3) is 2.01. The molecule has 1 rings (SSSR count). The van der Waals surface area contributed by atoms with Gasteiger partial charge in [0.25, 0.3) is 0 Å². The largest absolute Gasteiger partial charge is 0.218 e. The van der Waals surface area contributed by atoms with Gasteiger partial charge in [-0.25, -0.2) is 13.1 Å². The third-order valence-corrected chi connectivity index (χ3v) is 4.45. The summed E-state index contributed by atoms with van der Waals surface area (Å²) in [6.07, 6.45) is 1.65. The summed E-state index contributed by atoms with van der Waals surface area (Å²) in [5.41, 5.74) is -0.0800. The minimum atomic E-state index is -3.11. The van der Waals surface area contributed by atoms with Crippen molar-refractivity contribution in [1.29, 1.82) is 5.26 Å².